The van der Waals surface area contributed by atoms with Crippen LogP contribution >= 0.6 is 0 Å². The van der Waals surface area contributed by atoms with E-state index in [1.54, 1.807) is 7.11 Å². The fraction of sp³-hybridized carbons (Fsp3) is 0.462. The maximum absolute atomic E-state index is 5.70. The normalized spacial score (nSPS) is 11.6. The summed E-state index contributed by atoms with van der Waals surface area (Å²) in [4.78, 5) is 4.25. The zero-order valence-corrected chi connectivity index (χ0v) is 10.7. The van der Waals surface area contributed by atoms with E-state index in [4.69, 9.17) is 10.5 Å². The number of ether oxygens (including phenoxy) is 1. The van der Waals surface area contributed by atoms with Gasteiger partial charge in [-0.05, 0) is 38.0 Å². The first-order valence-electron chi connectivity index (χ1n) is 5.81. The van der Waals surface area contributed by atoms with Crippen molar-refractivity contribution in [2.45, 2.75) is 26.3 Å². The van der Waals surface area contributed by atoms with Crippen LogP contribution in [0, 0.1) is 0 Å². The summed E-state index contributed by atoms with van der Waals surface area (Å²) in [6.45, 7) is 4.76. The Bertz CT molecular complexity index is 357. The van der Waals surface area contributed by atoms with Gasteiger partial charge in [-0.25, -0.2) is 0 Å². The lowest BCUT2D eigenvalue weighted by atomic mass is 10.1. The molecular weight excluding hydrogens is 214 g/mol. The fourth-order valence-corrected chi connectivity index (χ4v) is 1.44. The van der Waals surface area contributed by atoms with Crippen molar-refractivity contribution in [2.24, 2.45) is 10.7 Å². The number of benzene rings is 1. The third-order valence-electron chi connectivity index (χ3n) is 2.28. The summed E-state index contributed by atoms with van der Waals surface area (Å²) < 4.78 is 5.10. The van der Waals surface area contributed by atoms with Crippen LogP contribution in [0.25, 0.3) is 0 Å². The third kappa shape index (κ3) is 5.24. The molecule has 0 saturated carbocycles. The summed E-state index contributed by atoms with van der Waals surface area (Å²) in [6.07, 6.45) is 0.879. The lowest BCUT2D eigenvalue weighted by Gasteiger charge is -2.08. The zero-order chi connectivity index (χ0) is 12.7. The largest absolute Gasteiger partial charge is 0.497 e. The molecule has 0 saturated heterocycles. The van der Waals surface area contributed by atoms with Crippen LogP contribution in [0.15, 0.2) is 29.3 Å². The lowest BCUT2D eigenvalue weighted by Crippen LogP contribution is -2.36. The minimum atomic E-state index is 0.319. The van der Waals surface area contributed by atoms with Crippen molar-refractivity contribution in [1.29, 1.82) is 0 Å². The van der Waals surface area contributed by atoms with E-state index in [1.165, 1.54) is 5.56 Å². The molecule has 1 rings (SSSR count). The van der Waals surface area contributed by atoms with Gasteiger partial charge in [0.25, 0.3) is 0 Å². The Morgan fingerprint density at radius 3 is 2.53 bits per heavy atom. The molecule has 4 nitrogen and oxygen atoms in total. The van der Waals surface area contributed by atoms with E-state index < -0.39 is 0 Å². The number of nitrogens with zero attached hydrogens (tertiary/aromatic N) is 1. The van der Waals surface area contributed by atoms with Gasteiger partial charge in [-0.15, -0.1) is 0 Å². The van der Waals surface area contributed by atoms with Crippen molar-refractivity contribution >= 4 is 5.96 Å². The van der Waals surface area contributed by atoms with Gasteiger partial charge in [0.15, 0.2) is 5.96 Å². The molecule has 3 N–H and O–H groups in total. The molecule has 0 fully saturated rings. The molecule has 0 aliphatic carbocycles. The molecular formula is C13H21N3O. The molecule has 0 heterocycles. The van der Waals surface area contributed by atoms with Crippen molar-refractivity contribution in [3.63, 3.8) is 0 Å². The molecule has 0 radical (unpaired) electrons. The van der Waals surface area contributed by atoms with Gasteiger partial charge in [-0.2, -0.15) is 0 Å². The molecule has 0 aliphatic heterocycles. The highest BCUT2D eigenvalue weighted by atomic mass is 16.5. The van der Waals surface area contributed by atoms with Gasteiger partial charge in [-0.1, -0.05) is 12.1 Å². The van der Waals surface area contributed by atoms with Crippen molar-refractivity contribution in [3.8, 4) is 5.75 Å². The van der Waals surface area contributed by atoms with Crippen LogP contribution < -0.4 is 15.8 Å². The number of hydrogen-bond donors (Lipinski definition) is 2. The van der Waals surface area contributed by atoms with Crippen LogP contribution in [0.5, 0.6) is 5.75 Å². The van der Waals surface area contributed by atoms with Crippen LogP contribution in [0.3, 0.4) is 0 Å². The second kappa shape index (κ2) is 6.78. The summed E-state index contributed by atoms with van der Waals surface area (Å²) in [5, 5.41) is 3.05. The quantitative estimate of drug-likeness (QED) is 0.601. The monoisotopic (exact) mass is 235 g/mol. The fourth-order valence-electron chi connectivity index (χ4n) is 1.44. The molecule has 4 heteroatoms. The molecule has 0 spiro atoms. The first-order chi connectivity index (χ1) is 8.11. The number of aliphatic imine (C=N–C) groups is 1. The molecule has 0 aliphatic rings. The molecule has 0 unspecified atom stereocenters. The Morgan fingerprint density at radius 1 is 1.35 bits per heavy atom. The highest BCUT2D eigenvalue weighted by Gasteiger charge is 1.96. The SMILES string of the molecule is COc1ccc(CCN=C(N)NC(C)C)cc1. The summed E-state index contributed by atoms with van der Waals surface area (Å²) in [5.41, 5.74) is 6.93. The van der Waals surface area contributed by atoms with E-state index in [9.17, 15) is 0 Å². The second-order valence-corrected chi connectivity index (χ2v) is 4.16. The van der Waals surface area contributed by atoms with Crippen molar-refractivity contribution in [2.75, 3.05) is 13.7 Å². The molecule has 1 aromatic rings. The van der Waals surface area contributed by atoms with Crippen LogP contribution in [0.1, 0.15) is 19.4 Å². The van der Waals surface area contributed by atoms with Crippen LogP contribution in [-0.2, 0) is 6.42 Å². The average Bonchev–Trinajstić information content (AvgIpc) is 2.29. The molecule has 1 aromatic carbocycles. The zero-order valence-electron chi connectivity index (χ0n) is 10.7. The molecule has 17 heavy (non-hydrogen) atoms. The predicted molar refractivity (Wildman–Crippen MR) is 71.5 cm³/mol. The first-order valence-corrected chi connectivity index (χ1v) is 5.81. The Kier molecular flexibility index (Phi) is 5.33. The van der Waals surface area contributed by atoms with E-state index in [1.807, 2.05) is 38.1 Å². The van der Waals surface area contributed by atoms with Gasteiger partial charge >= 0.3 is 0 Å². The number of hydrogen-bond acceptors (Lipinski definition) is 2. The summed E-state index contributed by atoms with van der Waals surface area (Å²) in [5.74, 6) is 1.38. The van der Waals surface area contributed by atoms with Crippen molar-refractivity contribution < 1.29 is 4.74 Å². The number of nitrogens with one attached hydrogen (secondary N) is 1. The van der Waals surface area contributed by atoms with Crippen molar-refractivity contribution in [3.05, 3.63) is 29.8 Å². The van der Waals surface area contributed by atoms with Crippen LogP contribution in [0.2, 0.25) is 0 Å². The highest BCUT2D eigenvalue weighted by Crippen LogP contribution is 2.11. The van der Waals surface area contributed by atoms with Gasteiger partial charge < -0.3 is 15.8 Å². The minimum Gasteiger partial charge on any atom is -0.497 e. The molecule has 0 aromatic heterocycles. The lowest BCUT2D eigenvalue weighted by molar-refractivity contribution is 0.414. The van der Waals surface area contributed by atoms with Gasteiger partial charge in [0.1, 0.15) is 5.75 Å². The van der Waals surface area contributed by atoms with E-state index in [-0.39, 0.29) is 0 Å². The summed E-state index contributed by atoms with van der Waals surface area (Å²) in [6, 6.07) is 8.31. The van der Waals surface area contributed by atoms with Gasteiger partial charge in [0.2, 0.25) is 0 Å². The summed E-state index contributed by atoms with van der Waals surface area (Å²) >= 11 is 0. The molecule has 0 atom stereocenters. The van der Waals surface area contributed by atoms with Gasteiger partial charge in [0, 0.05) is 12.6 Å². The predicted octanol–water partition coefficient (Wildman–Crippen LogP) is 1.55. The topological polar surface area (TPSA) is 59.6 Å². The molecule has 0 bridgehead atoms. The average molecular weight is 235 g/mol. The maximum atomic E-state index is 5.70. The number of guanidine groups is 1. The smallest absolute Gasteiger partial charge is 0.188 e. The Labute approximate surface area is 103 Å². The van der Waals surface area contributed by atoms with E-state index in [0.29, 0.717) is 18.5 Å². The van der Waals surface area contributed by atoms with Gasteiger partial charge in [-0.3, -0.25) is 4.99 Å². The van der Waals surface area contributed by atoms with E-state index >= 15 is 0 Å². The van der Waals surface area contributed by atoms with Crippen molar-refractivity contribution in [1.82, 2.24) is 5.32 Å². The highest BCUT2D eigenvalue weighted by molar-refractivity contribution is 5.78. The van der Waals surface area contributed by atoms with Crippen LogP contribution in [-0.4, -0.2) is 25.7 Å². The Hall–Kier alpha value is -1.71. The van der Waals surface area contributed by atoms with Gasteiger partial charge in [0.05, 0.1) is 7.11 Å². The van der Waals surface area contributed by atoms with E-state index in [0.717, 1.165) is 12.2 Å². The number of nitrogens with two attached hydrogens (primary N) is 1. The Morgan fingerprint density at radius 2 is 2.00 bits per heavy atom. The number of methoxy groups -OCH3 is 1. The standard InChI is InChI=1S/C13H21N3O/c1-10(2)16-13(14)15-9-8-11-4-6-12(17-3)7-5-11/h4-7,10H,8-9H2,1-3H3,(H3,14,15,16). The third-order valence-corrected chi connectivity index (χ3v) is 2.28. The van der Waals surface area contributed by atoms with Crippen LogP contribution in [0.4, 0.5) is 0 Å². The molecule has 0 amide bonds. The first kappa shape index (κ1) is 13.4. The number of rotatable bonds is 5. The molecule has 94 valence electrons. The maximum Gasteiger partial charge on any atom is 0.188 e. The van der Waals surface area contributed by atoms with E-state index in [2.05, 4.69) is 10.3 Å². The summed E-state index contributed by atoms with van der Waals surface area (Å²) in [7, 11) is 1.66. The Balaban J connectivity index is 2.39. The minimum absolute atomic E-state index is 0.319. The second-order valence-electron chi connectivity index (χ2n) is 4.16.